The molecule has 1 aromatic rings. The summed E-state index contributed by atoms with van der Waals surface area (Å²) in [5.41, 5.74) is 4.92. The largest absolute Gasteiger partial charge is 0.481 e. The standard InChI is InChI=1S/C25H40O6.C10H12O2.C8H10O2.C5H11NO2.C3H8.C2H4O/c1-9-25(28)11-10-15(2)19(22(25,4)5)20(31-16(3)26)21(27)23(6)13-17(23)12-18-24(7,29-8)14-30-18;1-8(10(11)12)7-9-5-3-2-4-6-9;1-3-5-7(6-4-2)8(9)10;1-5(2,3)8-4(6)7;1-3-2;1-2-3/h17-18,20,28H,9-14H2,1-8H3;2-6,8H,7H2,1H3,(H,11,12);3-6H,1H2,2H3,(H,9,10);1-3H3,(H2,6,7);3H2,1-2H3;2H,1H3/b;;6-4-,7-5+;;;. The number of hydrogen-bond donors (Lipinski definition) is 4. The highest BCUT2D eigenvalue weighted by atomic mass is 16.6. The van der Waals surface area contributed by atoms with Crippen LogP contribution in [0, 0.1) is 22.7 Å². The highest BCUT2D eigenvalue weighted by Crippen LogP contribution is 2.60. The highest BCUT2D eigenvalue weighted by molar-refractivity contribution is 5.95. The lowest BCUT2D eigenvalue weighted by Crippen LogP contribution is -2.57. The molecule has 14 heteroatoms. The van der Waals surface area contributed by atoms with Crippen LogP contribution < -0.4 is 5.73 Å². The average Bonchev–Trinajstić information content (AvgIpc) is 3.90. The summed E-state index contributed by atoms with van der Waals surface area (Å²) in [5, 5.41) is 28.5. The number of ketones is 1. The maximum atomic E-state index is 13.9. The highest BCUT2D eigenvalue weighted by Gasteiger charge is 2.62. The average molecular weight is 944 g/mol. The fraction of sp³-hybridized carbons (Fsp3) is 0.623. The zero-order chi connectivity index (χ0) is 52.6. The molecule has 380 valence electrons. The summed E-state index contributed by atoms with van der Waals surface area (Å²) in [6.45, 7) is 31.7. The maximum Gasteiger partial charge on any atom is 0.405 e. The molecule has 1 aromatic carbocycles. The van der Waals surface area contributed by atoms with Crippen molar-refractivity contribution in [2.75, 3.05) is 13.7 Å². The second-order valence-electron chi connectivity index (χ2n) is 19.0. The van der Waals surface area contributed by atoms with Crippen LogP contribution in [0.4, 0.5) is 4.79 Å². The predicted molar refractivity (Wildman–Crippen MR) is 263 cm³/mol. The van der Waals surface area contributed by atoms with Crippen LogP contribution in [0.2, 0.25) is 0 Å². The summed E-state index contributed by atoms with van der Waals surface area (Å²) in [6, 6.07) is 9.65. The monoisotopic (exact) mass is 944 g/mol. The number of carbonyl (C=O) groups is 6. The van der Waals surface area contributed by atoms with Gasteiger partial charge in [-0.05, 0) is 110 Å². The van der Waals surface area contributed by atoms with E-state index >= 15 is 0 Å². The molecule has 0 aromatic heterocycles. The number of primary amides is 1. The van der Waals surface area contributed by atoms with Gasteiger partial charge in [0.05, 0.1) is 29.8 Å². The van der Waals surface area contributed by atoms with Crippen molar-refractivity contribution in [2.24, 2.45) is 28.4 Å². The van der Waals surface area contributed by atoms with E-state index in [-0.39, 0.29) is 34.9 Å². The molecular weight excluding hydrogens is 859 g/mol. The van der Waals surface area contributed by atoms with Crippen molar-refractivity contribution in [3.63, 3.8) is 0 Å². The van der Waals surface area contributed by atoms with Gasteiger partial charge in [0.2, 0.25) is 0 Å². The van der Waals surface area contributed by atoms with Gasteiger partial charge >= 0.3 is 24.0 Å². The summed E-state index contributed by atoms with van der Waals surface area (Å²) < 4.78 is 21.6. The molecular formula is C53H85NO13. The predicted octanol–water partition coefficient (Wildman–Crippen LogP) is 10.2. The Morgan fingerprint density at radius 2 is 1.55 bits per heavy atom. The summed E-state index contributed by atoms with van der Waals surface area (Å²) in [5.74, 6) is -2.34. The maximum absolute atomic E-state index is 13.9. The summed E-state index contributed by atoms with van der Waals surface area (Å²) >= 11 is 0. The van der Waals surface area contributed by atoms with E-state index in [2.05, 4.69) is 25.2 Å². The van der Waals surface area contributed by atoms with E-state index in [1.54, 1.807) is 47.8 Å². The molecule has 3 aliphatic rings. The molecule has 1 aliphatic heterocycles. The van der Waals surface area contributed by atoms with Gasteiger partial charge in [0.1, 0.15) is 17.5 Å². The van der Waals surface area contributed by atoms with Crippen LogP contribution >= 0.6 is 0 Å². The Morgan fingerprint density at radius 3 is 1.91 bits per heavy atom. The number of rotatable bonds is 14. The molecule has 0 radical (unpaired) electrons. The summed E-state index contributed by atoms with van der Waals surface area (Å²) in [6.07, 6.45) is 10.4. The van der Waals surface area contributed by atoms with Gasteiger partial charge in [0.25, 0.3) is 0 Å². The van der Waals surface area contributed by atoms with E-state index in [0.29, 0.717) is 32.3 Å². The van der Waals surface area contributed by atoms with Crippen molar-refractivity contribution >= 4 is 36.1 Å². The smallest absolute Gasteiger partial charge is 0.405 e. The molecule has 1 saturated heterocycles. The first-order valence-corrected chi connectivity index (χ1v) is 23.1. The Hall–Kier alpha value is -4.92. The molecule has 1 saturated carbocycles. The van der Waals surface area contributed by atoms with E-state index < -0.39 is 52.1 Å². The number of methoxy groups -OCH3 is 1. The number of hydrogen-bond acceptors (Lipinski definition) is 11. The number of benzene rings is 1. The van der Waals surface area contributed by atoms with Gasteiger partial charge in [-0.15, -0.1) is 0 Å². The molecule has 14 nitrogen and oxygen atoms in total. The first-order valence-electron chi connectivity index (χ1n) is 23.1. The Kier molecular flexibility index (Phi) is 28.5. The van der Waals surface area contributed by atoms with Crippen LogP contribution in [0.3, 0.4) is 0 Å². The molecule has 5 N–H and O–H groups in total. The summed E-state index contributed by atoms with van der Waals surface area (Å²) in [7, 11) is 1.69. The first-order chi connectivity index (χ1) is 30.9. The van der Waals surface area contributed by atoms with E-state index in [1.807, 2.05) is 71.9 Å². The van der Waals surface area contributed by atoms with Gasteiger partial charge in [0.15, 0.2) is 11.9 Å². The minimum atomic E-state index is -0.961. The van der Waals surface area contributed by atoms with Gasteiger partial charge < -0.3 is 44.8 Å². The van der Waals surface area contributed by atoms with Crippen LogP contribution in [-0.4, -0.2) is 94.1 Å². The Morgan fingerprint density at radius 1 is 1.01 bits per heavy atom. The molecule has 0 spiro atoms. The SMILES string of the molecule is C=C/C=C(\C=C/C)C(=O)O.CC(C)(C)OC(N)=O.CC(Cc1ccccc1)C(=O)O.CC=O.CCC.CCC1(O)CCC(C)=C(C(OC(C)=O)C(=O)C2(C)CC2CC2OCC2(C)OC)C1(C)C. The van der Waals surface area contributed by atoms with Crippen molar-refractivity contribution in [1.29, 1.82) is 0 Å². The van der Waals surface area contributed by atoms with Crippen molar-refractivity contribution < 1.29 is 63.0 Å². The normalized spacial score (nSPS) is 24.3. The lowest BCUT2D eigenvalue weighted by Gasteiger charge is -2.50. The number of aliphatic carboxylic acids is 2. The number of Topliss-reactive ketones (excluding diaryl/α,β-unsaturated/α-hetero) is 1. The summed E-state index contributed by atoms with van der Waals surface area (Å²) in [4.78, 5) is 65.5. The Labute approximate surface area is 401 Å². The lowest BCUT2D eigenvalue weighted by molar-refractivity contribution is -0.244. The van der Waals surface area contributed by atoms with E-state index in [0.717, 1.165) is 35.8 Å². The number of amides is 1. The molecule has 67 heavy (non-hydrogen) atoms. The molecule has 2 aliphatic carbocycles. The van der Waals surface area contributed by atoms with E-state index in [9.17, 15) is 29.1 Å². The van der Waals surface area contributed by atoms with E-state index in [4.69, 9.17) is 35.0 Å². The van der Waals surface area contributed by atoms with Crippen molar-refractivity contribution in [3.8, 4) is 0 Å². The number of allylic oxidation sites excluding steroid dienone is 4. The number of esters is 1. The van der Waals surface area contributed by atoms with Gasteiger partial charge in [-0.25, -0.2) is 9.59 Å². The third kappa shape index (κ3) is 21.3. The van der Waals surface area contributed by atoms with Gasteiger partial charge in [-0.2, -0.15) is 0 Å². The minimum Gasteiger partial charge on any atom is -0.481 e. The van der Waals surface area contributed by atoms with E-state index in [1.165, 1.54) is 38.5 Å². The van der Waals surface area contributed by atoms with Crippen LogP contribution in [0.5, 0.6) is 0 Å². The number of aliphatic hydroxyl groups is 1. The third-order valence-electron chi connectivity index (χ3n) is 11.9. The van der Waals surface area contributed by atoms with Gasteiger partial charge in [-0.1, -0.05) is 116 Å². The third-order valence-corrected chi connectivity index (χ3v) is 11.9. The quantitative estimate of drug-likeness (QED) is 0.0448. The second-order valence-corrected chi connectivity index (χ2v) is 19.0. The number of carboxylic acids is 2. The number of nitrogens with two attached hydrogens (primary N) is 1. The van der Waals surface area contributed by atoms with Crippen molar-refractivity contribution in [2.45, 2.75) is 178 Å². The zero-order valence-electron chi connectivity index (χ0n) is 43.4. The number of ether oxygens (including phenoxy) is 4. The first kappa shape index (κ1) is 64.2. The van der Waals surface area contributed by atoms with Crippen LogP contribution in [0.1, 0.15) is 148 Å². The lowest BCUT2D eigenvalue weighted by atomic mass is 9.59. The molecule has 7 atom stereocenters. The van der Waals surface area contributed by atoms with Crippen LogP contribution in [-0.2, 0) is 49.3 Å². The molecule has 1 amide bonds. The Balaban J connectivity index is 0. The number of carboxylic acid groups (broad SMARTS) is 2. The fourth-order valence-electron chi connectivity index (χ4n) is 7.67. The van der Waals surface area contributed by atoms with Crippen LogP contribution in [0.25, 0.3) is 0 Å². The molecule has 1 heterocycles. The number of aldehydes is 1. The minimum absolute atomic E-state index is 0.0263. The number of carbonyl (C=O) groups excluding carboxylic acids is 4. The molecule has 0 bridgehead atoms. The van der Waals surface area contributed by atoms with Crippen molar-refractivity contribution in [3.05, 3.63) is 83.5 Å². The van der Waals surface area contributed by atoms with Gasteiger partial charge in [-0.3, -0.25) is 14.4 Å². The molecule has 7 unspecified atom stereocenters. The van der Waals surface area contributed by atoms with Gasteiger partial charge in [0, 0.05) is 24.9 Å². The Bertz CT molecular complexity index is 1840. The van der Waals surface area contributed by atoms with Crippen molar-refractivity contribution in [1.82, 2.24) is 0 Å². The fourth-order valence-corrected chi connectivity index (χ4v) is 7.67. The molecule has 2 fully saturated rings. The molecule has 4 rings (SSSR count). The zero-order valence-corrected chi connectivity index (χ0v) is 43.4. The topological polar surface area (TPSA) is 226 Å². The van der Waals surface area contributed by atoms with Crippen LogP contribution in [0.15, 0.2) is 77.9 Å². The second kappa shape index (κ2) is 29.8.